The minimum Gasteiger partial charge on any atom is -0.268 e. The summed E-state index contributed by atoms with van der Waals surface area (Å²) in [5.74, 6) is 0.839. The van der Waals surface area contributed by atoms with Crippen molar-refractivity contribution in [3.63, 3.8) is 0 Å². The Morgan fingerprint density at radius 3 is 2.63 bits per heavy atom. The maximum Gasteiger partial charge on any atom is 0.174 e. The first-order valence-corrected chi connectivity index (χ1v) is 9.95. The molecule has 0 bridgehead atoms. The molecule has 0 amide bonds. The molecule has 0 aliphatic rings. The third-order valence-corrected chi connectivity index (χ3v) is 5.56. The molecule has 6 nitrogen and oxygen atoms in total. The van der Waals surface area contributed by atoms with Gasteiger partial charge in [-0.05, 0) is 34.5 Å². The second-order valence-electron chi connectivity index (χ2n) is 7.14. The van der Waals surface area contributed by atoms with Crippen molar-refractivity contribution in [1.82, 2.24) is 29.4 Å². The zero-order chi connectivity index (χ0) is 20.1. The zero-order valence-electron chi connectivity index (χ0n) is 15.8. The summed E-state index contributed by atoms with van der Waals surface area (Å²) in [7, 11) is 0. The van der Waals surface area contributed by atoms with Crippen LogP contribution < -0.4 is 0 Å². The lowest BCUT2D eigenvalue weighted by Gasteiger charge is -2.06. The number of rotatable bonds is 3. The Kier molecular flexibility index (Phi) is 3.79. The van der Waals surface area contributed by atoms with Gasteiger partial charge in [0.1, 0.15) is 12.2 Å². The van der Waals surface area contributed by atoms with Crippen LogP contribution in [0.5, 0.6) is 0 Å². The quantitative estimate of drug-likeness (QED) is 0.418. The van der Waals surface area contributed by atoms with E-state index in [-0.39, 0.29) is 0 Å². The summed E-state index contributed by atoms with van der Waals surface area (Å²) in [5.41, 5.74) is 3.51. The molecule has 0 saturated heterocycles. The van der Waals surface area contributed by atoms with E-state index in [4.69, 9.17) is 11.6 Å². The van der Waals surface area contributed by atoms with Crippen molar-refractivity contribution >= 4 is 39.1 Å². The summed E-state index contributed by atoms with van der Waals surface area (Å²) in [6, 6.07) is 22.2. The van der Waals surface area contributed by atoms with Crippen LogP contribution in [0.25, 0.3) is 33.1 Å². The number of hydrogen-bond donors (Lipinski definition) is 0. The van der Waals surface area contributed by atoms with Crippen LogP contribution in [0.2, 0.25) is 5.02 Å². The standard InChI is InChI=1S/C23H15ClN6/c24-17-8-4-9-18(12-17)30-22-20(13-26-30)23-28-27-21(29(23)14-25-22)11-16-7-3-6-15-5-1-2-10-19(15)16/h1-10,12-14H,11H2. The maximum atomic E-state index is 6.14. The lowest BCUT2D eigenvalue weighted by molar-refractivity contribution is 0.886. The van der Waals surface area contributed by atoms with E-state index in [1.807, 2.05) is 28.7 Å². The molecule has 144 valence electrons. The lowest BCUT2D eigenvalue weighted by Crippen LogP contribution is -2.01. The van der Waals surface area contributed by atoms with Gasteiger partial charge in [0.05, 0.1) is 17.3 Å². The van der Waals surface area contributed by atoms with Crippen LogP contribution in [0, 0.1) is 0 Å². The molecule has 0 saturated carbocycles. The summed E-state index contributed by atoms with van der Waals surface area (Å²) in [6.45, 7) is 0. The highest BCUT2D eigenvalue weighted by Gasteiger charge is 2.15. The second kappa shape index (κ2) is 6.64. The first kappa shape index (κ1) is 17.1. The third-order valence-electron chi connectivity index (χ3n) is 5.33. The molecule has 0 atom stereocenters. The third kappa shape index (κ3) is 2.65. The average molecular weight is 411 g/mol. The highest BCUT2D eigenvalue weighted by Crippen LogP contribution is 2.24. The number of halogens is 1. The Morgan fingerprint density at radius 1 is 0.833 bits per heavy atom. The van der Waals surface area contributed by atoms with Gasteiger partial charge in [0, 0.05) is 11.4 Å². The van der Waals surface area contributed by atoms with E-state index in [0.29, 0.717) is 17.1 Å². The summed E-state index contributed by atoms with van der Waals surface area (Å²) in [6.07, 6.45) is 4.20. The largest absolute Gasteiger partial charge is 0.268 e. The molecule has 0 aliphatic carbocycles. The molecule has 6 aromatic rings. The molecular formula is C23H15ClN6. The Hall–Kier alpha value is -3.77. The number of aromatic nitrogens is 6. The first-order valence-electron chi connectivity index (χ1n) is 9.57. The van der Waals surface area contributed by atoms with Crippen LogP contribution in [0.15, 0.2) is 79.3 Å². The molecule has 0 unspecified atom stereocenters. The van der Waals surface area contributed by atoms with Gasteiger partial charge in [0.15, 0.2) is 11.3 Å². The van der Waals surface area contributed by atoms with Gasteiger partial charge < -0.3 is 0 Å². The Balaban J connectivity index is 1.47. The van der Waals surface area contributed by atoms with Crippen molar-refractivity contribution in [1.29, 1.82) is 0 Å². The summed E-state index contributed by atoms with van der Waals surface area (Å²) < 4.78 is 3.70. The van der Waals surface area contributed by atoms with Crippen LogP contribution in [-0.2, 0) is 6.42 Å². The molecule has 3 heterocycles. The van der Waals surface area contributed by atoms with E-state index in [9.17, 15) is 0 Å². The van der Waals surface area contributed by atoms with Crippen molar-refractivity contribution < 1.29 is 0 Å². The van der Waals surface area contributed by atoms with Crippen LogP contribution >= 0.6 is 11.6 Å². The van der Waals surface area contributed by atoms with Crippen molar-refractivity contribution in [2.75, 3.05) is 0 Å². The Morgan fingerprint density at radius 2 is 1.70 bits per heavy atom. The zero-order valence-corrected chi connectivity index (χ0v) is 16.5. The van der Waals surface area contributed by atoms with Gasteiger partial charge in [-0.25, -0.2) is 9.67 Å². The normalized spacial score (nSPS) is 11.6. The maximum absolute atomic E-state index is 6.14. The predicted molar refractivity (Wildman–Crippen MR) is 117 cm³/mol. The number of nitrogens with zero attached hydrogens (tertiary/aromatic N) is 6. The fourth-order valence-electron chi connectivity index (χ4n) is 3.90. The molecular weight excluding hydrogens is 396 g/mol. The van der Waals surface area contributed by atoms with Crippen molar-refractivity contribution in [3.05, 3.63) is 95.7 Å². The van der Waals surface area contributed by atoms with Gasteiger partial charge in [-0.2, -0.15) is 5.10 Å². The van der Waals surface area contributed by atoms with Crippen molar-refractivity contribution in [3.8, 4) is 5.69 Å². The first-order chi connectivity index (χ1) is 14.8. The molecule has 30 heavy (non-hydrogen) atoms. The fraction of sp³-hybridized carbons (Fsp3) is 0.0435. The monoisotopic (exact) mass is 410 g/mol. The van der Waals surface area contributed by atoms with Gasteiger partial charge in [-0.15, -0.1) is 10.2 Å². The predicted octanol–water partition coefficient (Wildman–Crippen LogP) is 4.86. The molecule has 3 aromatic heterocycles. The van der Waals surface area contributed by atoms with E-state index >= 15 is 0 Å². The number of hydrogen-bond acceptors (Lipinski definition) is 4. The van der Waals surface area contributed by atoms with Gasteiger partial charge in [0.2, 0.25) is 0 Å². The highest BCUT2D eigenvalue weighted by atomic mass is 35.5. The lowest BCUT2D eigenvalue weighted by atomic mass is 10.0. The summed E-state index contributed by atoms with van der Waals surface area (Å²) in [4.78, 5) is 4.65. The smallest absolute Gasteiger partial charge is 0.174 e. The minimum absolute atomic E-state index is 0.650. The van der Waals surface area contributed by atoms with Gasteiger partial charge >= 0.3 is 0 Å². The van der Waals surface area contributed by atoms with E-state index < -0.39 is 0 Å². The molecule has 6 rings (SSSR count). The molecule has 0 N–H and O–H groups in total. The van der Waals surface area contributed by atoms with E-state index in [0.717, 1.165) is 22.5 Å². The van der Waals surface area contributed by atoms with Crippen LogP contribution in [0.3, 0.4) is 0 Å². The summed E-state index contributed by atoms with van der Waals surface area (Å²) in [5, 5.41) is 17.3. The summed E-state index contributed by atoms with van der Waals surface area (Å²) >= 11 is 6.14. The van der Waals surface area contributed by atoms with Gasteiger partial charge in [-0.3, -0.25) is 4.40 Å². The minimum atomic E-state index is 0.650. The van der Waals surface area contributed by atoms with E-state index in [2.05, 4.69) is 62.7 Å². The molecule has 0 radical (unpaired) electrons. The molecule has 0 spiro atoms. The van der Waals surface area contributed by atoms with Gasteiger partial charge in [0.25, 0.3) is 0 Å². The molecule has 0 aliphatic heterocycles. The molecule has 7 heteroatoms. The fourth-order valence-corrected chi connectivity index (χ4v) is 4.08. The van der Waals surface area contributed by atoms with Crippen LogP contribution in [0.4, 0.5) is 0 Å². The molecule has 0 fully saturated rings. The highest BCUT2D eigenvalue weighted by molar-refractivity contribution is 6.30. The number of benzene rings is 3. The molecule has 3 aromatic carbocycles. The van der Waals surface area contributed by atoms with Crippen LogP contribution in [-0.4, -0.2) is 29.4 Å². The average Bonchev–Trinajstić information content (AvgIpc) is 3.38. The second-order valence-corrected chi connectivity index (χ2v) is 7.58. The number of fused-ring (bicyclic) bond motifs is 4. The SMILES string of the molecule is Clc1cccc(-n2ncc3c2ncn2c(Cc4cccc5ccccc45)nnc32)c1. The van der Waals surface area contributed by atoms with E-state index in [1.165, 1.54) is 16.3 Å². The topological polar surface area (TPSA) is 60.9 Å². The van der Waals surface area contributed by atoms with Gasteiger partial charge in [-0.1, -0.05) is 60.1 Å². The van der Waals surface area contributed by atoms with Crippen LogP contribution in [0.1, 0.15) is 11.4 Å². The van der Waals surface area contributed by atoms with Crippen molar-refractivity contribution in [2.24, 2.45) is 0 Å². The Labute approximate surface area is 176 Å². The van der Waals surface area contributed by atoms with E-state index in [1.54, 1.807) is 17.2 Å². The van der Waals surface area contributed by atoms with Crippen molar-refractivity contribution in [2.45, 2.75) is 6.42 Å². The Bertz CT molecular complexity index is 1540.